The highest BCUT2D eigenvalue weighted by Gasteiger charge is 2.32. The summed E-state index contributed by atoms with van der Waals surface area (Å²) in [5.41, 5.74) is 1.51. The molecule has 7 nitrogen and oxygen atoms in total. The van der Waals surface area contributed by atoms with E-state index in [4.69, 9.17) is 9.47 Å². The molecule has 8 heteroatoms. The van der Waals surface area contributed by atoms with Crippen LogP contribution in [-0.4, -0.2) is 55.4 Å². The molecule has 0 heterocycles. The minimum Gasteiger partial charge on any atom is -0.460 e. The fourth-order valence-corrected chi connectivity index (χ4v) is 2.50. The first-order valence-electron chi connectivity index (χ1n) is 9.72. The molecule has 2 aromatic rings. The first-order valence-corrected chi connectivity index (χ1v) is 9.72. The van der Waals surface area contributed by atoms with Crippen LogP contribution in [0.15, 0.2) is 78.0 Å². The van der Waals surface area contributed by atoms with Crippen LogP contribution in [0.4, 0.5) is 4.39 Å². The van der Waals surface area contributed by atoms with Crippen molar-refractivity contribution in [2.24, 2.45) is 5.16 Å². The van der Waals surface area contributed by atoms with Crippen LogP contribution in [0.1, 0.15) is 11.1 Å². The Morgan fingerprint density at radius 3 is 2.03 bits per heavy atom. The van der Waals surface area contributed by atoms with Crippen LogP contribution >= 0.6 is 0 Å². The summed E-state index contributed by atoms with van der Waals surface area (Å²) in [6, 6.07) is 18.0. The second kappa shape index (κ2) is 13.5. The number of oxime groups is 1. The molecule has 0 saturated heterocycles. The Bertz CT molecular complexity index is 930. The molecule has 0 bridgehead atoms. The van der Waals surface area contributed by atoms with Crippen molar-refractivity contribution in [2.75, 3.05) is 13.7 Å². The molecule has 2 rings (SSSR count). The van der Waals surface area contributed by atoms with Crippen molar-refractivity contribution in [3.8, 4) is 0 Å². The van der Waals surface area contributed by atoms with Gasteiger partial charge in [-0.1, -0.05) is 65.8 Å². The van der Waals surface area contributed by atoms with E-state index in [9.17, 15) is 19.1 Å². The molecule has 2 aromatic carbocycles. The Balaban J connectivity index is 1.97. The Hall–Kier alpha value is -3.78. The van der Waals surface area contributed by atoms with Gasteiger partial charge in [-0.2, -0.15) is 0 Å². The number of hydrogen-bond donors (Lipinski definition) is 1. The number of aliphatic hydroxyl groups excluding tert-OH is 1. The van der Waals surface area contributed by atoms with Crippen LogP contribution in [0.2, 0.25) is 0 Å². The number of ether oxygens (including phenoxy) is 2. The molecule has 0 saturated carbocycles. The highest BCUT2D eigenvalue weighted by molar-refractivity contribution is 5.88. The maximum Gasteiger partial charge on any atom is 0.331 e. The average Bonchev–Trinajstić information content (AvgIpc) is 2.83. The third-order valence-electron chi connectivity index (χ3n) is 4.07. The molecule has 32 heavy (non-hydrogen) atoms. The lowest BCUT2D eigenvalue weighted by molar-refractivity contribution is -0.158. The molecule has 0 radical (unpaired) electrons. The van der Waals surface area contributed by atoms with E-state index in [0.29, 0.717) is 0 Å². The molecule has 168 valence electrons. The van der Waals surface area contributed by atoms with Gasteiger partial charge in [0, 0.05) is 12.2 Å². The highest BCUT2D eigenvalue weighted by Crippen LogP contribution is 2.11. The van der Waals surface area contributed by atoms with Gasteiger partial charge in [-0.3, -0.25) is 0 Å². The van der Waals surface area contributed by atoms with Crippen molar-refractivity contribution >= 4 is 30.3 Å². The van der Waals surface area contributed by atoms with Crippen molar-refractivity contribution in [1.29, 1.82) is 0 Å². The number of benzene rings is 2. The fraction of sp³-hybridized carbons (Fsp3) is 0.208. The number of alkyl halides is 1. The van der Waals surface area contributed by atoms with E-state index in [1.165, 1.54) is 25.3 Å². The summed E-state index contributed by atoms with van der Waals surface area (Å²) in [6.07, 6.45) is 0.705. The SMILES string of the molecule is CON=C[C@@H](F)[C@H](OC(=O)/C=C/c1ccccc1)[C@H](O)COC(=O)/C=C/c1ccccc1. The predicted molar refractivity (Wildman–Crippen MR) is 118 cm³/mol. The molecule has 0 spiro atoms. The van der Waals surface area contributed by atoms with Crippen LogP contribution in [-0.2, 0) is 23.9 Å². The lowest BCUT2D eigenvalue weighted by Crippen LogP contribution is -2.42. The molecule has 0 unspecified atom stereocenters. The first kappa shape index (κ1) is 24.5. The first-order chi connectivity index (χ1) is 15.5. The molecule has 3 atom stereocenters. The van der Waals surface area contributed by atoms with Gasteiger partial charge in [0.2, 0.25) is 0 Å². The number of aliphatic hydroxyl groups is 1. The van der Waals surface area contributed by atoms with Gasteiger partial charge in [0.15, 0.2) is 12.3 Å². The van der Waals surface area contributed by atoms with Gasteiger partial charge in [-0.25, -0.2) is 14.0 Å². The van der Waals surface area contributed by atoms with Crippen LogP contribution in [0.3, 0.4) is 0 Å². The van der Waals surface area contributed by atoms with Crippen molar-refractivity contribution in [3.63, 3.8) is 0 Å². The molecule has 0 aliphatic rings. The van der Waals surface area contributed by atoms with Crippen LogP contribution in [0, 0.1) is 0 Å². The van der Waals surface area contributed by atoms with Gasteiger partial charge in [-0.05, 0) is 23.3 Å². The number of carbonyl (C=O) groups excluding carboxylic acids is 2. The molecule has 1 N–H and O–H groups in total. The fourth-order valence-electron chi connectivity index (χ4n) is 2.50. The number of esters is 2. The minimum absolute atomic E-state index is 0.598. The summed E-state index contributed by atoms with van der Waals surface area (Å²) >= 11 is 0. The Morgan fingerprint density at radius 1 is 0.969 bits per heavy atom. The van der Waals surface area contributed by atoms with Gasteiger partial charge in [0.25, 0.3) is 0 Å². The normalized spacial score (nSPS) is 14.3. The third-order valence-corrected chi connectivity index (χ3v) is 4.07. The standard InChI is InChI=1S/C24H24FNO6/c1-30-26-16-20(25)24(32-23(29)15-13-19-10-6-3-7-11-19)21(27)17-31-22(28)14-12-18-8-4-2-5-9-18/h2-16,20-21,24,27H,17H2,1H3/b14-12+,15-13+,26-16?/t20-,21-,24+/m1/s1. The molecular formula is C24H24FNO6. The number of hydrogen-bond acceptors (Lipinski definition) is 7. The van der Waals surface area contributed by atoms with Gasteiger partial charge in [-0.15, -0.1) is 0 Å². The molecule has 0 aliphatic heterocycles. The molecule has 0 aromatic heterocycles. The van der Waals surface area contributed by atoms with E-state index >= 15 is 0 Å². The zero-order valence-corrected chi connectivity index (χ0v) is 17.4. The van der Waals surface area contributed by atoms with E-state index in [1.807, 2.05) is 24.3 Å². The lowest BCUT2D eigenvalue weighted by Gasteiger charge is -2.23. The summed E-state index contributed by atoms with van der Waals surface area (Å²) in [4.78, 5) is 28.4. The van der Waals surface area contributed by atoms with Crippen LogP contribution in [0.25, 0.3) is 12.2 Å². The summed E-state index contributed by atoms with van der Waals surface area (Å²) in [7, 11) is 1.21. The summed E-state index contributed by atoms with van der Waals surface area (Å²) in [5, 5.41) is 13.6. The predicted octanol–water partition coefficient (Wildman–Crippen LogP) is 3.20. The van der Waals surface area contributed by atoms with E-state index in [-0.39, 0.29) is 0 Å². The van der Waals surface area contributed by atoms with Gasteiger partial charge in [0.1, 0.15) is 19.8 Å². The second-order valence-corrected chi connectivity index (χ2v) is 6.47. The van der Waals surface area contributed by atoms with Crippen LogP contribution in [0.5, 0.6) is 0 Å². The summed E-state index contributed by atoms with van der Waals surface area (Å²) in [5.74, 6) is -1.63. The molecular weight excluding hydrogens is 417 g/mol. The number of nitrogens with zero attached hydrogens (tertiary/aromatic N) is 1. The number of rotatable bonds is 11. The van der Waals surface area contributed by atoms with E-state index in [0.717, 1.165) is 23.4 Å². The molecule has 0 amide bonds. The number of halogens is 1. The van der Waals surface area contributed by atoms with E-state index in [1.54, 1.807) is 36.4 Å². The maximum absolute atomic E-state index is 14.5. The Labute approximate surface area is 185 Å². The maximum atomic E-state index is 14.5. The quantitative estimate of drug-likeness (QED) is 0.249. The van der Waals surface area contributed by atoms with Crippen molar-refractivity contribution < 1.29 is 33.4 Å². The third kappa shape index (κ3) is 8.93. The van der Waals surface area contributed by atoms with Gasteiger partial charge < -0.3 is 19.4 Å². The topological polar surface area (TPSA) is 94.4 Å². The minimum atomic E-state index is -2.00. The zero-order chi connectivity index (χ0) is 23.2. The average molecular weight is 441 g/mol. The zero-order valence-electron chi connectivity index (χ0n) is 17.4. The van der Waals surface area contributed by atoms with Crippen LogP contribution < -0.4 is 0 Å². The summed E-state index contributed by atoms with van der Waals surface area (Å²) < 4.78 is 24.5. The Kier molecular flexibility index (Phi) is 10.3. The van der Waals surface area contributed by atoms with Crippen molar-refractivity contribution in [1.82, 2.24) is 0 Å². The van der Waals surface area contributed by atoms with E-state index < -0.39 is 36.9 Å². The molecule has 0 aliphatic carbocycles. The largest absolute Gasteiger partial charge is 0.460 e. The van der Waals surface area contributed by atoms with Gasteiger partial charge >= 0.3 is 11.9 Å². The van der Waals surface area contributed by atoms with Crippen molar-refractivity contribution in [3.05, 3.63) is 83.9 Å². The van der Waals surface area contributed by atoms with Crippen molar-refractivity contribution in [2.45, 2.75) is 18.4 Å². The van der Waals surface area contributed by atoms with Gasteiger partial charge in [0.05, 0.1) is 6.21 Å². The lowest BCUT2D eigenvalue weighted by atomic mass is 10.1. The smallest absolute Gasteiger partial charge is 0.331 e. The van der Waals surface area contributed by atoms with E-state index in [2.05, 4.69) is 9.99 Å². The summed E-state index contributed by atoms with van der Waals surface area (Å²) in [6.45, 7) is -0.598. The Morgan fingerprint density at radius 2 is 1.50 bits per heavy atom. The second-order valence-electron chi connectivity index (χ2n) is 6.47. The monoisotopic (exact) mass is 441 g/mol. The molecule has 0 fully saturated rings. The highest BCUT2D eigenvalue weighted by atomic mass is 19.1. The number of carbonyl (C=O) groups is 2.